The molecule has 22 heavy (non-hydrogen) atoms. The molecule has 3 rings (SSSR count). The molecule has 2 aromatic rings. The smallest absolute Gasteiger partial charge is 0.241 e. The minimum absolute atomic E-state index is 0.256. The van der Waals surface area contributed by atoms with Gasteiger partial charge in [0, 0.05) is 12.1 Å². The van der Waals surface area contributed by atoms with Crippen molar-refractivity contribution in [3.63, 3.8) is 0 Å². The topological polar surface area (TPSA) is 62.4 Å². The highest BCUT2D eigenvalue weighted by Gasteiger charge is 2.24. The summed E-state index contributed by atoms with van der Waals surface area (Å²) in [5.41, 5.74) is 2.16. The summed E-state index contributed by atoms with van der Waals surface area (Å²) in [6.45, 7) is 6.48. The number of aliphatic hydroxyl groups excluding tert-OH is 1. The first kappa shape index (κ1) is 15.2. The standard InChI is InChI=1S/C17H23N3O2/c1-12-5-3-6-14(9-12)17-18-16(22-19-17)11-20-8-4-7-15(10-20)13(2)21/h3,5-6,9,13,15,21H,4,7-8,10-11H2,1-2H3. The number of rotatable bonds is 4. The molecule has 0 saturated carbocycles. The van der Waals surface area contributed by atoms with Gasteiger partial charge in [-0.25, -0.2) is 0 Å². The minimum atomic E-state index is -0.256. The third-order valence-electron chi connectivity index (χ3n) is 4.33. The van der Waals surface area contributed by atoms with E-state index in [0.29, 0.717) is 24.2 Å². The maximum absolute atomic E-state index is 9.76. The molecule has 0 spiro atoms. The van der Waals surface area contributed by atoms with Gasteiger partial charge in [-0.15, -0.1) is 0 Å². The Morgan fingerprint density at radius 1 is 1.45 bits per heavy atom. The van der Waals surface area contributed by atoms with Gasteiger partial charge < -0.3 is 9.63 Å². The second kappa shape index (κ2) is 6.58. The number of hydrogen-bond donors (Lipinski definition) is 1. The van der Waals surface area contributed by atoms with Gasteiger partial charge in [-0.1, -0.05) is 28.9 Å². The van der Waals surface area contributed by atoms with Crippen LogP contribution in [0.15, 0.2) is 28.8 Å². The molecular formula is C17H23N3O2. The van der Waals surface area contributed by atoms with E-state index in [9.17, 15) is 5.11 Å². The normalized spacial score (nSPS) is 21.0. The Kier molecular flexibility index (Phi) is 4.55. The lowest BCUT2D eigenvalue weighted by molar-refractivity contribution is 0.0556. The van der Waals surface area contributed by atoms with E-state index in [1.54, 1.807) is 0 Å². The zero-order valence-corrected chi connectivity index (χ0v) is 13.2. The van der Waals surface area contributed by atoms with Gasteiger partial charge in [-0.2, -0.15) is 4.98 Å². The van der Waals surface area contributed by atoms with Crippen LogP contribution in [0.2, 0.25) is 0 Å². The third kappa shape index (κ3) is 3.54. The summed E-state index contributed by atoms with van der Waals surface area (Å²) in [6, 6.07) is 8.10. The molecule has 2 heterocycles. The van der Waals surface area contributed by atoms with E-state index in [1.165, 1.54) is 5.56 Å². The predicted octanol–water partition coefficient (Wildman–Crippen LogP) is 2.64. The molecule has 0 amide bonds. The summed E-state index contributed by atoms with van der Waals surface area (Å²) in [5.74, 6) is 1.62. The summed E-state index contributed by atoms with van der Waals surface area (Å²) in [5, 5.41) is 13.8. The maximum Gasteiger partial charge on any atom is 0.241 e. The third-order valence-corrected chi connectivity index (χ3v) is 4.33. The molecule has 2 atom stereocenters. The minimum Gasteiger partial charge on any atom is -0.393 e. The van der Waals surface area contributed by atoms with Crippen LogP contribution in [0.4, 0.5) is 0 Å². The van der Waals surface area contributed by atoms with Crippen molar-refractivity contribution in [2.24, 2.45) is 5.92 Å². The number of aromatic nitrogens is 2. The van der Waals surface area contributed by atoms with Crippen molar-refractivity contribution in [2.45, 2.75) is 39.3 Å². The summed E-state index contributed by atoms with van der Waals surface area (Å²) in [4.78, 5) is 6.79. The first-order valence-electron chi connectivity index (χ1n) is 7.92. The molecule has 2 unspecified atom stereocenters. The molecule has 1 saturated heterocycles. The van der Waals surface area contributed by atoms with Crippen molar-refractivity contribution in [2.75, 3.05) is 13.1 Å². The predicted molar refractivity (Wildman–Crippen MR) is 84.2 cm³/mol. The van der Waals surface area contributed by atoms with Crippen LogP contribution in [0, 0.1) is 12.8 Å². The number of likely N-dealkylation sites (tertiary alicyclic amines) is 1. The highest BCUT2D eigenvalue weighted by Crippen LogP contribution is 2.22. The molecule has 0 radical (unpaired) electrons. The Morgan fingerprint density at radius 2 is 2.32 bits per heavy atom. The largest absolute Gasteiger partial charge is 0.393 e. The van der Waals surface area contributed by atoms with Gasteiger partial charge in [0.1, 0.15) is 0 Å². The van der Waals surface area contributed by atoms with Crippen LogP contribution in [-0.2, 0) is 6.54 Å². The summed E-state index contributed by atoms with van der Waals surface area (Å²) >= 11 is 0. The van der Waals surface area contributed by atoms with Crippen LogP contribution in [0.5, 0.6) is 0 Å². The van der Waals surface area contributed by atoms with Crippen molar-refractivity contribution < 1.29 is 9.63 Å². The summed E-state index contributed by atoms with van der Waals surface area (Å²) < 4.78 is 5.39. The quantitative estimate of drug-likeness (QED) is 0.940. The van der Waals surface area contributed by atoms with Gasteiger partial charge in [-0.3, -0.25) is 4.90 Å². The van der Waals surface area contributed by atoms with Crippen molar-refractivity contribution in [3.8, 4) is 11.4 Å². The highest BCUT2D eigenvalue weighted by atomic mass is 16.5. The Balaban J connectivity index is 1.67. The highest BCUT2D eigenvalue weighted by molar-refractivity contribution is 5.55. The second-order valence-corrected chi connectivity index (χ2v) is 6.26. The number of piperidine rings is 1. The van der Waals surface area contributed by atoms with E-state index in [4.69, 9.17) is 4.52 Å². The Morgan fingerprint density at radius 3 is 3.09 bits per heavy atom. The molecule has 1 fully saturated rings. The Hall–Kier alpha value is -1.72. The van der Waals surface area contributed by atoms with Gasteiger partial charge in [-0.05, 0) is 45.2 Å². The fraction of sp³-hybridized carbons (Fsp3) is 0.529. The van der Waals surface area contributed by atoms with E-state index < -0.39 is 0 Å². The SMILES string of the molecule is Cc1cccc(-c2noc(CN3CCCC(C(C)O)C3)n2)c1. The molecule has 118 valence electrons. The molecule has 1 aromatic carbocycles. The van der Waals surface area contributed by atoms with Gasteiger partial charge in [0.15, 0.2) is 0 Å². The zero-order valence-electron chi connectivity index (χ0n) is 13.2. The number of benzene rings is 1. The number of hydrogen-bond acceptors (Lipinski definition) is 5. The first-order valence-corrected chi connectivity index (χ1v) is 7.92. The van der Waals surface area contributed by atoms with Gasteiger partial charge in [0.25, 0.3) is 0 Å². The van der Waals surface area contributed by atoms with E-state index >= 15 is 0 Å². The van der Waals surface area contributed by atoms with Crippen LogP contribution >= 0.6 is 0 Å². The van der Waals surface area contributed by atoms with E-state index in [-0.39, 0.29) is 6.10 Å². The molecular weight excluding hydrogens is 278 g/mol. The summed E-state index contributed by atoms with van der Waals surface area (Å²) in [6.07, 6.45) is 1.94. The van der Waals surface area contributed by atoms with Gasteiger partial charge >= 0.3 is 0 Å². The van der Waals surface area contributed by atoms with Crippen LogP contribution in [-0.4, -0.2) is 39.3 Å². The fourth-order valence-electron chi connectivity index (χ4n) is 3.04. The maximum atomic E-state index is 9.76. The Labute approximate surface area is 131 Å². The number of aliphatic hydroxyl groups is 1. The lowest BCUT2D eigenvalue weighted by atomic mass is 9.93. The lowest BCUT2D eigenvalue weighted by Crippen LogP contribution is -2.39. The van der Waals surface area contributed by atoms with Crippen LogP contribution in [0.3, 0.4) is 0 Å². The molecule has 1 aliphatic heterocycles. The average molecular weight is 301 g/mol. The van der Waals surface area contributed by atoms with E-state index in [2.05, 4.69) is 34.1 Å². The molecule has 5 nitrogen and oxygen atoms in total. The fourth-order valence-corrected chi connectivity index (χ4v) is 3.04. The van der Waals surface area contributed by atoms with Crippen molar-refractivity contribution in [1.29, 1.82) is 0 Å². The van der Waals surface area contributed by atoms with Crippen molar-refractivity contribution >= 4 is 0 Å². The zero-order chi connectivity index (χ0) is 15.5. The Bertz CT molecular complexity index is 624. The second-order valence-electron chi connectivity index (χ2n) is 6.26. The lowest BCUT2D eigenvalue weighted by Gasteiger charge is -2.33. The van der Waals surface area contributed by atoms with Crippen molar-refractivity contribution in [3.05, 3.63) is 35.7 Å². The van der Waals surface area contributed by atoms with Crippen LogP contribution in [0.1, 0.15) is 31.2 Å². The van der Waals surface area contributed by atoms with E-state index in [1.807, 2.05) is 19.1 Å². The number of aryl methyl sites for hydroxylation is 1. The van der Waals surface area contributed by atoms with Crippen molar-refractivity contribution in [1.82, 2.24) is 15.0 Å². The van der Waals surface area contributed by atoms with Gasteiger partial charge in [0.2, 0.25) is 11.7 Å². The summed E-state index contributed by atoms with van der Waals surface area (Å²) in [7, 11) is 0. The number of nitrogens with zero attached hydrogens (tertiary/aromatic N) is 3. The van der Waals surface area contributed by atoms with Gasteiger partial charge in [0.05, 0.1) is 12.6 Å². The average Bonchev–Trinajstić information content (AvgIpc) is 2.96. The van der Waals surface area contributed by atoms with Crippen LogP contribution < -0.4 is 0 Å². The molecule has 1 aliphatic rings. The molecule has 5 heteroatoms. The first-order chi connectivity index (χ1) is 10.6. The molecule has 0 aliphatic carbocycles. The van der Waals surface area contributed by atoms with Crippen LogP contribution in [0.25, 0.3) is 11.4 Å². The molecule has 0 bridgehead atoms. The van der Waals surface area contributed by atoms with E-state index in [0.717, 1.165) is 31.5 Å². The monoisotopic (exact) mass is 301 g/mol. The molecule has 1 aromatic heterocycles. The molecule has 1 N–H and O–H groups in total.